The first-order valence-electron chi connectivity index (χ1n) is 12.6. The molecule has 0 bridgehead atoms. The zero-order valence-electron chi connectivity index (χ0n) is 21.3. The lowest BCUT2D eigenvalue weighted by molar-refractivity contribution is -0.141. The number of aryl methyl sites for hydroxylation is 1. The van der Waals surface area contributed by atoms with Crippen LogP contribution in [-0.2, 0) is 35.4 Å². The molecule has 3 heterocycles. The van der Waals surface area contributed by atoms with Crippen LogP contribution in [-0.4, -0.2) is 62.6 Å². The van der Waals surface area contributed by atoms with Crippen LogP contribution >= 0.6 is 0 Å². The van der Waals surface area contributed by atoms with E-state index in [9.17, 15) is 22.8 Å². The Balaban J connectivity index is 1.55. The molecule has 0 N–H and O–H groups in total. The number of carbonyl (C=O) groups excluding carboxylic acids is 2. The van der Waals surface area contributed by atoms with E-state index in [4.69, 9.17) is 0 Å². The van der Waals surface area contributed by atoms with Gasteiger partial charge in [0.1, 0.15) is 0 Å². The summed E-state index contributed by atoms with van der Waals surface area (Å²) in [6.45, 7) is 4.80. The summed E-state index contributed by atoms with van der Waals surface area (Å²) < 4.78 is 39.9. The van der Waals surface area contributed by atoms with E-state index in [0.29, 0.717) is 26.2 Å². The molecule has 0 saturated heterocycles. The van der Waals surface area contributed by atoms with Crippen LogP contribution in [0, 0.1) is 0 Å². The minimum absolute atomic E-state index is 0.000171. The predicted molar refractivity (Wildman–Crippen MR) is 136 cm³/mol. The predicted octanol–water partition coefficient (Wildman–Crippen LogP) is 3.97. The molecule has 1 aromatic carbocycles. The monoisotopic (exact) mass is 528 g/mol. The molecule has 202 valence electrons. The summed E-state index contributed by atoms with van der Waals surface area (Å²) in [4.78, 5) is 35.8. The second-order valence-electron chi connectivity index (χ2n) is 9.32. The lowest BCUT2D eigenvalue weighted by atomic mass is 10.1. The Morgan fingerprint density at radius 1 is 1.00 bits per heavy atom. The maximum atomic E-state index is 13.4. The van der Waals surface area contributed by atoms with Gasteiger partial charge in [-0.15, -0.1) is 0 Å². The number of anilines is 1. The molecule has 1 aliphatic rings. The second kappa shape index (κ2) is 12.2. The summed E-state index contributed by atoms with van der Waals surface area (Å²) in [5, 5.41) is 3.56. The van der Waals surface area contributed by atoms with Gasteiger partial charge >= 0.3 is 6.18 Å². The number of fused-ring (bicyclic) bond motifs is 1. The molecular weight excluding hydrogens is 497 g/mol. The molecule has 0 spiro atoms. The van der Waals surface area contributed by atoms with E-state index < -0.39 is 11.9 Å². The van der Waals surface area contributed by atoms with E-state index in [0.717, 1.165) is 40.5 Å². The molecule has 2 aromatic heterocycles. The van der Waals surface area contributed by atoms with Crippen molar-refractivity contribution in [3.63, 3.8) is 0 Å². The average Bonchev–Trinajstić information content (AvgIpc) is 3.37. The number of aromatic nitrogens is 3. The number of hydrogen-bond acceptors (Lipinski definition) is 5. The van der Waals surface area contributed by atoms with Gasteiger partial charge in [-0.2, -0.15) is 18.3 Å². The third kappa shape index (κ3) is 7.18. The molecule has 1 aliphatic heterocycles. The largest absolute Gasteiger partial charge is 0.435 e. The van der Waals surface area contributed by atoms with Crippen LogP contribution in [0.15, 0.2) is 61.1 Å². The fourth-order valence-electron chi connectivity index (χ4n) is 4.59. The molecule has 4 rings (SSSR count). The first kappa shape index (κ1) is 27.3. The fraction of sp³-hybridized carbons (Fsp3) is 0.407. The second-order valence-corrected chi connectivity index (χ2v) is 9.32. The first-order chi connectivity index (χ1) is 18.2. The van der Waals surface area contributed by atoms with Gasteiger partial charge in [0.2, 0.25) is 11.8 Å². The molecule has 0 radical (unpaired) electrons. The number of hydrogen-bond donors (Lipinski definition) is 0. The SMILES string of the molecule is CC(=O)N1CCCN(Cc2cccnc2)CCN(C(=O)CCn2ccc(C(F)(F)F)n2)Cc2ccccc21. The van der Waals surface area contributed by atoms with E-state index >= 15 is 0 Å². The van der Waals surface area contributed by atoms with Crippen molar-refractivity contribution in [2.24, 2.45) is 0 Å². The molecular formula is C27H31F3N6O2. The molecule has 0 unspecified atom stereocenters. The fourth-order valence-corrected chi connectivity index (χ4v) is 4.59. The van der Waals surface area contributed by atoms with Gasteiger partial charge in [-0.1, -0.05) is 24.3 Å². The summed E-state index contributed by atoms with van der Waals surface area (Å²) in [7, 11) is 0. The Morgan fingerprint density at radius 3 is 2.53 bits per heavy atom. The molecule has 0 aliphatic carbocycles. The maximum absolute atomic E-state index is 13.4. The van der Waals surface area contributed by atoms with Gasteiger partial charge in [0.05, 0.1) is 0 Å². The third-order valence-corrected chi connectivity index (χ3v) is 6.53. The van der Waals surface area contributed by atoms with E-state index in [1.54, 1.807) is 16.0 Å². The van der Waals surface area contributed by atoms with Gasteiger partial charge < -0.3 is 9.80 Å². The first-order valence-corrected chi connectivity index (χ1v) is 12.6. The minimum atomic E-state index is -4.53. The lowest BCUT2D eigenvalue weighted by Crippen LogP contribution is -2.38. The highest BCUT2D eigenvalue weighted by Crippen LogP contribution is 2.27. The zero-order valence-corrected chi connectivity index (χ0v) is 21.3. The normalized spacial score (nSPS) is 15.6. The highest BCUT2D eigenvalue weighted by Gasteiger charge is 2.33. The Kier molecular flexibility index (Phi) is 8.77. The van der Waals surface area contributed by atoms with Crippen molar-refractivity contribution in [1.82, 2.24) is 24.6 Å². The van der Waals surface area contributed by atoms with Crippen molar-refractivity contribution < 1.29 is 22.8 Å². The van der Waals surface area contributed by atoms with Gasteiger partial charge in [-0.05, 0) is 35.7 Å². The Labute approximate surface area is 219 Å². The van der Waals surface area contributed by atoms with Crippen molar-refractivity contribution >= 4 is 17.5 Å². The average molecular weight is 529 g/mol. The molecule has 11 heteroatoms. The molecule has 0 saturated carbocycles. The number of pyridine rings is 1. The molecule has 2 amide bonds. The van der Waals surface area contributed by atoms with Crippen LogP contribution in [0.3, 0.4) is 0 Å². The molecule has 0 fully saturated rings. The van der Waals surface area contributed by atoms with Gasteiger partial charge in [-0.3, -0.25) is 24.2 Å². The highest BCUT2D eigenvalue weighted by atomic mass is 19.4. The van der Waals surface area contributed by atoms with Crippen molar-refractivity contribution in [2.75, 3.05) is 31.1 Å². The van der Waals surface area contributed by atoms with E-state index in [-0.39, 0.29) is 31.3 Å². The molecule has 3 aromatic rings. The summed E-state index contributed by atoms with van der Waals surface area (Å²) in [6.07, 6.45) is 0.986. The summed E-state index contributed by atoms with van der Waals surface area (Å²) >= 11 is 0. The van der Waals surface area contributed by atoms with Crippen LogP contribution in [0.5, 0.6) is 0 Å². The Morgan fingerprint density at radius 2 is 1.82 bits per heavy atom. The standard InChI is InChI=1S/C27H31F3N6O2/c1-21(37)36-13-5-12-33(19-22-6-4-11-31-18-22)16-17-34(20-23-7-2-3-8-24(23)36)26(38)10-15-35-14-9-25(32-35)27(28,29)30/h2-4,6-9,11,14,18H,5,10,12-13,15-17,19-20H2,1H3. The topological polar surface area (TPSA) is 74.6 Å². The Bertz CT molecular complexity index is 1230. The minimum Gasteiger partial charge on any atom is -0.337 e. The maximum Gasteiger partial charge on any atom is 0.435 e. The number of nitrogens with zero attached hydrogens (tertiary/aromatic N) is 6. The van der Waals surface area contributed by atoms with Crippen LogP contribution < -0.4 is 4.90 Å². The number of halogens is 3. The van der Waals surface area contributed by atoms with E-state index in [1.807, 2.05) is 42.6 Å². The van der Waals surface area contributed by atoms with Crippen LogP contribution in [0.4, 0.5) is 18.9 Å². The summed E-state index contributed by atoms with van der Waals surface area (Å²) in [5.74, 6) is -0.272. The van der Waals surface area contributed by atoms with Gasteiger partial charge in [-0.25, -0.2) is 0 Å². The van der Waals surface area contributed by atoms with Crippen molar-refractivity contribution in [3.8, 4) is 0 Å². The molecule has 38 heavy (non-hydrogen) atoms. The van der Waals surface area contributed by atoms with Crippen LogP contribution in [0.1, 0.15) is 36.6 Å². The smallest absolute Gasteiger partial charge is 0.337 e. The quantitative estimate of drug-likeness (QED) is 0.501. The molecule has 8 nitrogen and oxygen atoms in total. The van der Waals surface area contributed by atoms with Crippen molar-refractivity contribution in [3.05, 3.63) is 77.9 Å². The molecule has 0 atom stereocenters. The number of alkyl halides is 3. The van der Waals surface area contributed by atoms with Gasteiger partial charge in [0.25, 0.3) is 0 Å². The van der Waals surface area contributed by atoms with E-state index in [2.05, 4.69) is 15.0 Å². The summed E-state index contributed by atoms with van der Waals surface area (Å²) in [5.41, 5.74) is 1.67. The summed E-state index contributed by atoms with van der Waals surface area (Å²) in [6, 6.07) is 12.3. The van der Waals surface area contributed by atoms with Crippen LogP contribution in [0.2, 0.25) is 0 Å². The number of carbonyl (C=O) groups is 2. The highest BCUT2D eigenvalue weighted by molar-refractivity contribution is 5.92. The van der Waals surface area contributed by atoms with Crippen molar-refractivity contribution in [1.29, 1.82) is 0 Å². The number of para-hydroxylation sites is 1. The number of benzene rings is 1. The number of amides is 2. The number of rotatable bonds is 5. The van der Waals surface area contributed by atoms with Crippen molar-refractivity contribution in [2.45, 2.75) is 45.6 Å². The van der Waals surface area contributed by atoms with Crippen LogP contribution in [0.25, 0.3) is 0 Å². The Hall–Kier alpha value is -3.73. The van der Waals surface area contributed by atoms with E-state index in [1.165, 1.54) is 13.1 Å². The zero-order chi connectivity index (χ0) is 27.1. The lowest BCUT2D eigenvalue weighted by Gasteiger charge is -2.28. The third-order valence-electron chi connectivity index (χ3n) is 6.53. The van der Waals surface area contributed by atoms with Gasteiger partial charge in [0, 0.05) is 83.4 Å². The van der Waals surface area contributed by atoms with Gasteiger partial charge in [0.15, 0.2) is 5.69 Å².